The summed E-state index contributed by atoms with van der Waals surface area (Å²) in [4.78, 5) is 35.8. The molecule has 0 aliphatic carbocycles. The molecule has 0 heterocycles. The summed E-state index contributed by atoms with van der Waals surface area (Å²) in [5.74, 6) is -1.79. The van der Waals surface area contributed by atoms with Gasteiger partial charge in [0.15, 0.2) is 6.10 Å². The Morgan fingerprint density at radius 1 is 0.542 bits per heavy atom. The van der Waals surface area contributed by atoms with Crippen LogP contribution in [0.1, 0.15) is 187 Å². The van der Waals surface area contributed by atoms with Crippen LogP contribution in [0, 0.1) is 0 Å². The number of carbonyl (C=O) groups excluding carboxylic acids is 3. The van der Waals surface area contributed by atoms with Crippen LogP contribution in [-0.2, 0) is 28.6 Å². The molecule has 2 atom stereocenters. The van der Waals surface area contributed by atoms with Crippen LogP contribution in [-0.4, -0.2) is 75.5 Å². The minimum atomic E-state index is -1.13. The number of hydrogen-bond donors (Lipinski definition) is 0. The smallest absolute Gasteiger partial charge is 0.306 e. The molecule has 0 aromatic heterocycles. The monoisotopic (exact) mass is 684 g/mol. The summed E-state index contributed by atoms with van der Waals surface area (Å²) >= 11 is 0. The second kappa shape index (κ2) is 32.5. The molecular formula is C40H77NO7. The Labute approximate surface area is 296 Å². The molecule has 0 spiro atoms. The summed E-state index contributed by atoms with van der Waals surface area (Å²) in [6, 6.07) is -0.716. The van der Waals surface area contributed by atoms with Crippen LogP contribution < -0.4 is 5.11 Å². The van der Waals surface area contributed by atoms with Crippen LogP contribution in [0.4, 0.5) is 0 Å². The summed E-state index contributed by atoms with van der Waals surface area (Å²) in [7, 11) is 5.38. The third kappa shape index (κ3) is 30.4. The van der Waals surface area contributed by atoms with E-state index in [2.05, 4.69) is 6.92 Å². The average Bonchev–Trinajstić information content (AvgIpc) is 3.03. The number of nitrogens with zero attached hydrogens (tertiary/aromatic N) is 1. The van der Waals surface area contributed by atoms with Crippen molar-refractivity contribution in [2.24, 2.45) is 0 Å². The molecule has 0 saturated carbocycles. The maximum atomic E-state index is 12.5. The van der Waals surface area contributed by atoms with Crippen LogP contribution in [0.15, 0.2) is 0 Å². The van der Waals surface area contributed by atoms with Crippen molar-refractivity contribution in [1.82, 2.24) is 0 Å². The van der Waals surface area contributed by atoms with Gasteiger partial charge in [-0.15, -0.1) is 0 Å². The van der Waals surface area contributed by atoms with Gasteiger partial charge in [-0.2, -0.15) is 0 Å². The van der Waals surface area contributed by atoms with Gasteiger partial charge in [0.1, 0.15) is 12.6 Å². The Hall–Kier alpha value is -1.67. The Bertz CT molecular complexity index is 767. The second-order valence-corrected chi connectivity index (χ2v) is 14.9. The highest BCUT2D eigenvalue weighted by molar-refractivity contribution is 5.70. The highest BCUT2D eigenvalue weighted by Gasteiger charge is 2.25. The minimum Gasteiger partial charge on any atom is -0.544 e. The highest BCUT2D eigenvalue weighted by Crippen LogP contribution is 2.16. The Morgan fingerprint density at radius 2 is 0.958 bits per heavy atom. The van der Waals surface area contributed by atoms with Crippen molar-refractivity contribution in [3.8, 4) is 0 Å². The van der Waals surface area contributed by atoms with E-state index in [4.69, 9.17) is 14.2 Å². The van der Waals surface area contributed by atoms with Gasteiger partial charge in [-0.05, 0) is 12.8 Å². The number of carboxylic acid groups (broad SMARTS) is 1. The second-order valence-electron chi connectivity index (χ2n) is 14.9. The number of ether oxygens (including phenoxy) is 3. The first-order valence-corrected chi connectivity index (χ1v) is 20.1. The summed E-state index contributed by atoms with van der Waals surface area (Å²) in [6.45, 7) is 4.33. The molecule has 0 aromatic rings. The van der Waals surface area contributed by atoms with Crippen molar-refractivity contribution >= 4 is 17.9 Å². The van der Waals surface area contributed by atoms with E-state index in [1.165, 1.54) is 128 Å². The van der Waals surface area contributed by atoms with E-state index in [1.54, 1.807) is 21.1 Å². The van der Waals surface area contributed by atoms with Gasteiger partial charge in [0.2, 0.25) is 0 Å². The van der Waals surface area contributed by atoms with Crippen LogP contribution in [0.5, 0.6) is 0 Å². The maximum absolute atomic E-state index is 12.5. The van der Waals surface area contributed by atoms with Gasteiger partial charge in [-0.3, -0.25) is 9.59 Å². The van der Waals surface area contributed by atoms with E-state index in [1.807, 2.05) is 6.92 Å². The van der Waals surface area contributed by atoms with Crippen LogP contribution in [0.3, 0.4) is 0 Å². The Kier molecular flexibility index (Phi) is 31.4. The first-order chi connectivity index (χ1) is 23.1. The summed E-state index contributed by atoms with van der Waals surface area (Å²) in [6.07, 6.45) is 31.5. The number of likely N-dealkylation sites (N-methyl/N-ethyl adjacent to an activating group) is 1. The van der Waals surface area contributed by atoms with Crippen LogP contribution in [0.25, 0.3) is 0 Å². The molecule has 48 heavy (non-hydrogen) atoms. The zero-order valence-corrected chi connectivity index (χ0v) is 32.2. The molecule has 0 radical (unpaired) electrons. The molecule has 0 amide bonds. The lowest BCUT2D eigenvalue weighted by Crippen LogP contribution is -2.55. The van der Waals surface area contributed by atoms with E-state index in [-0.39, 0.29) is 42.7 Å². The fourth-order valence-electron chi connectivity index (χ4n) is 6.11. The number of aliphatic carboxylic acids is 1. The molecule has 0 N–H and O–H groups in total. The number of carboxylic acids is 1. The molecule has 8 heteroatoms. The predicted octanol–water partition coefficient (Wildman–Crippen LogP) is 8.86. The number of carbonyl (C=O) groups is 3. The van der Waals surface area contributed by atoms with Crippen molar-refractivity contribution in [2.75, 3.05) is 41.0 Å². The van der Waals surface area contributed by atoms with E-state index in [9.17, 15) is 19.5 Å². The summed E-state index contributed by atoms with van der Waals surface area (Å²) in [5, 5.41) is 11.5. The molecule has 0 aliphatic heterocycles. The highest BCUT2D eigenvalue weighted by atomic mass is 16.6. The van der Waals surface area contributed by atoms with Gasteiger partial charge in [0.25, 0.3) is 0 Å². The minimum absolute atomic E-state index is 0.0431. The number of quaternary nitrogens is 1. The molecule has 8 nitrogen and oxygen atoms in total. The first kappa shape index (κ1) is 46.3. The molecular weight excluding hydrogens is 606 g/mol. The van der Waals surface area contributed by atoms with Crippen LogP contribution >= 0.6 is 0 Å². The van der Waals surface area contributed by atoms with E-state index in [0.717, 1.165) is 19.3 Å². The van der Waals surface area contributed by atoms with Crippen molar-refractivity contribution in [1.29, 1.82) is 0 Å². The van der Waals surface area contributed by atoms with Gasteiger partial charge in [0, 0.05) is 19.3 Å². The lowest BCUT2D eigenvalue weighted by molar-refractivity contribution is -0.889. The van der Waals surface area contributed by atoms with Crippen LogP contribution in [0.2, 0.25) is 0 Å². The predicted molar refractivity (Wildman–Crippen MR) is 194 cm³/mol. The molecule has 284 valence electrons. The Morgan fingerprint density at radius 3 is 1.33 bits per heavy atom. The third-order valence-electron chi connectivity index (χ3n) is 9.21. The third-order valence-corrected chi connectivity index (χ3v) is 9.21. The van der Waals surface area contributed by atoms with Crippen molar-refractivity contribution in [3.05, 3.63) is 0 Å². The molecule has 0 aliphatic rings. The lowest BCUT2D eigenvalue weighted by Gasteiger charge is -2.34. The van der Waals surface area contributed by atoms with E-state index >= 15 is 0 Å². The molecule has 0 saturated heterocycles. The molecule has 0 aromatic carbocycles. The quantitative estimate of drug-likeness (QED) is 0.0369. The molecule has 0 fully saturated rings. The summed E-state index contributed by atoms with van der Waals surface area (Å²) in [5.41, 5.74) is 0. The van der Waals surface area contributed by atoms with Gasteiger partial charge in [0.05, 0.1) is 40.3 Å². The standard InChI is InChI=1S/C40H77NO7/c1-6-8-9-10-11-12-13-14-15-16-17-18-19-20-21-22-23-24-25-26-27-28-29-31-39(43)48-36(35-47-38(42)30-7-2)34-46-33-32-37(40(44)45)41(3,4)5/h36-37H,6-35H2,1-5H3. The Balaban J connectivity index is 3.83. The SMILES string of the molecule is CCCCCCCCCCCCCCCCCCCCCCCCCC(=O)OC(COCCC(C(=O)[O-])[N+](C)(C)C)COC(=O)CCC. The van der Waals surface area contributed by atoms with Gasteiger partial charge >= 0.3 is 11.9 Å². The zero-order valence-electron chi connectivity index (χ0n) is 32.2. The molecule has 0 bridgehead atoms. The van der Waals surface area contributed by atoms with Crippen molar-refractivity contribution in [3.63, 3.8) is 0 Å². The average molecular weight is 684 g/mol. The molecule has 2 unspecified atom stereocenters. The summed E-state index contributed by atoms with van der Waals surface area (Å²) < 4.78 is 16.7. The largest absolute Gasteiger partial charge is 0.544 e. The van der Waals surface area contributed by atoms with Gasteiger partial charge < -0.3 is 28.6 Å². The fraction of sp³-hybridized carbons (Fsp3) is 0.925. The lowest BCUT2D eigenvalue weighted by atomic mass is 10.0. The number of hydrogen-bond acceptors (Lipinski definition) is 7. The number of unbranched alkanes of at least 4 members (excludes halogenated alkanes) is 22. The normalized spacial score (nSPS) is 12.9. The zero-order chi connectivity index (χ0) is 35.7. The van der Waals surface area contributed by atoms with E-state index in [0.29, 0.717) is 19.3 Å². The topological polar surface area (TPSA) is 102 Å². The number of rotatable bonds is 36. The van der Waals surface area contributed by atoms with Crippen molar-refractivity contribution < 1.29 is 38.2 Å². The van der Waals surface area contributed by atoms with E-state index < -0.39 is 18.1 Å². The van der Waals surface area contributed by atoms with Crippen molar-refractivity contribution in [2.45, 2.75) is 199 Å². The first-order valence-electron chi connectivity index (χ1n) is 20.1. The fourth-order valence-corrected chi connectivity index (χ4v) is 6.11. The maximum Gasteiger partial charge on any atom is 0.306 e. The van der Waals surface area contributed by atoms with Gasteiger partial charge in [-0.1, -0.05) is 155 Å². The molecule has 0 rings (SSSR count). The number of esters is 2. The van der Waals surface area contributed by atoms with Gasteiger partial charge in [-0.25, -0.2) is 0 Å².